The van der Waals surface area contributed by atoms with E-state index in [1.54, 1.807) is 6.92 Å². The molecule has 1 saturated heterocycles. The van der Waals surface area contributed by atoms with Gasteiger partial charge >= 0.3 is 11.7 Å². The number of aliphatic hydroxyl groups is 2. The molecule has 0 bridgehead atoms. The van der Waals surface area contributed by atoms with Crippen molar-refractivity contribution in [2.75, 3.05) is 13.2 Å². The van der Waals surface area contributed by atoms with Crippen LogP contribution in [0.15, 0.2) is 15.8 Å². The number of carboxylic acid groups (broad SMARTS) is 1. The van der Waals surface area contributed by atoms with Gasteiger partial charge in [0.1, 0.15) is 12.3 Å². The van der Waals surface area contributed by atoms with Crippen LogP contribution in [0.5, 0.6) is 0 Å². The van der Waals surface area contributed by atoms with Crippen LogP contribution in [0.3, 0.4) is 0 Å². The van der Waals surface area contributed by atoms with E-state index in [-0.39, 0.29) is 19.6 Å². The van der Waals surface area contributed by atoms with E-state index in [0.29, 0.717) is 5.56 Å². The first-order chi connectivity index (χ1) is 10.3. The number of aryl methyl sites for hydroxylation is 1. The molecular weight excluding hydrogens is 298 g/mol. The summed E-state index contributed by atoms with van der Waals surface area (Å²) in [5.74, 6) is -0.968. The third-order valence-corrected chi connectivity index (χ3v) is 3.01. The maximum atomic E-state index is 11.6. The monoisotopic (exact) mass is 317 g/mol. The molecule has 1 aromatic heterocycles. The fraction of sp³-hybridized carbons (Fsp3) is 0.583. The molecule has 10 heteroatoms. The highest BCUT2D eigenvalue weighted by Crippen LogP contribution is 2.27. The number of nitrogens with zero attached hydrogens (tertiary/aromatic N) is 1. The number of hydrogen-bond donors (Lipinski definition) is 5. The first kappa shape index (κ1) is 18.0. The molecule has 1 fully saturated rings. The second-order valence-electron chi connectivity index (χ2n) is 4.69. The fourth-order valence-electron chi connectivity index (χ4n) is 1.85. The van der Waals surface area contributed by atoms with Crippen molar-refractivity contribution in [3.05, 3.63) is 32.6 Å². The number of aliphatic hydroxyl groups excluding tert-OH is 2. The number of ether oxygens (including phenoxy) is 1. The summed E-state index contributed by atoms with van der Waals surface area (Å²) in [6.07, 6.45) is -0.581. The van der Waals surface area contributed by atoms with Crippen molar-refractivity contribution >= 4 is 5.97 Å². The van der Waals surface area contributed by atoms with Crippen LogP contribution >= 0.6 is 0 Å². The minimum Gasteiger partial charge on any atom is -0.480 e. The van der Waals surface area contributed by atoms with Gasteiger partial charge in [0.25, 0.3) is 5.56 Å². The lowest BCUT2D eigenvalue weighted by Gasteiger charge is -2.14. The van der Waals surface area contributed by atoms with E-state index in [4.69, 9.17) is 14.9 Å². The highest BCUT2D eigenvalue weighted by molar-refractivity contribution is 5.68. The molecule has 0 radical (unpaired) electrons. The summed E-state index contributed by atoms with van der Waals surface area (Å²) >= 11 is 0. The molecule has 6 N–H and O–H groups in total. The molecule has 0 saturated carbocycles. The third kappa shape index (κ3) is 4.49. The van der Waals surface area contributed by atoms with Crippen LogP contribution in [0, 0.1) is 6.92 Å². The molecule has 2 rings (SSSR count). The summed E-state index contributed by atoms with van der Waals surface area (Å²) in [7, 11) is 0. The van der Waals surface area contributed by atoms with E-state index in [1.807, 2.05) is 0 Å². The minimum absolute atomic E-state index is 0.205. The molecule has 0 spiro atoms. The van der Waals surface area contributed by atoms with E-state index in [2.05, 4.69) is 10.7 Å². The summed E-state index contributed by atoms with van der Waals surface area (Å²) in [4.78, 5) is 34.2. The van der Waals surface area contributed by atoms with Crippen molar-refractivity contribution in [2.45, 2.75) is 31.8 Å². The second kappa shape index (κ2) is 7.84. The quantitative estimate of drug-likeness (QED) is 0.408. The number of nitrogens with one attached hydrogen (secondary N) is 1. The first-order valence-electron chi connectivity index (χ1n) is 6.48. The van der Waals surface area contributed by atoms with Gasteiger partial charge in [0, 0.05) is 18.2 Å². The average molecular weight is 317 g/mol. The summed E-state index contributed by atoms with van der Waals surface area (Å²) < 4.78 is 6.54. The Morgan fingerprint density at radius 1 is 1.55 bits per heavy atom. The topological polar surface area (TPSA) is 168 Å². The Hall–Kier alpha value is -2.01. The Morgan fingerprint density at radius 2 is 2.14 bits per heavy atom. The number of rotatable bonds is 3. The van der Waals surface area contributed by atoms with Gasteiger partial charge in [-0.1, -0.05) is 0 Å². The number of aromatic nitrogens is 2. The zero-order chi connectivity index (χ0) is 16.9. The van der Waals surface area contributed by atoms with Crippen LogP contribution in [-0.2, 0) is 9.53 Å². The lowest BCUT2D eigenvalue weighted by molar-refractivity contribution is -0.135. The van der Waals surface area contributed by atoms with Crippen LogP contribution in [-0.4, -0.2) is 56.2 Å². The molecule has 2 heterocycles. The number of carboxylic acids is 1. The van der Waals surface area contributed by atoms with Crippen molar-refractivity contribution in [1.82, 2.24) is 9.55 Å². The van der Waals surface area contributed by atoms with Gasteiger partial charge in [0.15, 0.2) is 0 Å². The maximum absolute atomic E-state index is 11.6. The van der Waals surface area contributed by atoms with E-state index >= 15 is 0 Å². The normalized spacial score (nSPS) is 23.7. The summed E-state index contributed by atoms with van der Waals surface area (Å²) in [5, 5.41) is 26.1. The Labute approximate surface area is 124 Å². The van der Waals surface area contributed by atoms with Gasteiger partial charge in [0.05, 0.1) is 19.3 Å². The Balaban J connectivity index is 0.000000422. The van der Waals surface area contributed by atoms with E-state index in [0.717, 1.165) is 0 Å². The number of carbonyl (C=O) groups is 1. The molecule has 3 atom stereocenters. The zero-order valence-electron chi connectivity index (χ0n) is 11.9. The Kier molecular flexibility index (Phi) is 6.43. The predicted molar refractivity (Wildman–Crippen MR) is 74.4 cm³/mol. The predicted octanol–water partition coefficient (Wildman–Crippen LogP) is -2.48. The van der Waals surface area contributed by atoms with Gasteiger partial charge in [-0.15, -0.1) is 0 Å². The third-order valence-electron chi connectivity index (χ3n) is 3.01. The first-order valence-corrected chi connectivity index (χ1v) is 6.48. The van der Waals surface area contributed by atoms with Gasteiger partial charge < -0.3 is 25.8 Å². The van der Waals surface area contributed by atoms with Crippen LogP contribution < -0.4 is 17.0 Å². The van der Waals surface area contributed by atoms with E-state index in [1.165, 1.54) is 10.8 Å². The lowest BCUT2D eigenvalue weighted by atomic mass is 10.2. The molecule has 0 aliphatic carbocycles. The van der Waals surface area contributed by atoms with Gasteiger partial charge in [-0.25, -0.2) is 4.79 Å². The van der Waals surface area contributed by atoms with Crippen LogP contribution in [0.25, 0.3) is 0 Å². The van der Waals surface area contributed by atoms with Crippen molar-refractivity contribution in [2.24, 2.45) is 5.73 Å². The number of aromatic amines is 1. The molecule has 1 aliphatic heterocycles. The maximum Gasteiger partial charge on any atom is 0.330 e. The van der Waals surface area contributed by atoms with Gasteiger partial charge in [0.2, 0.25) is 0 Å². The average Bonchev–Trinajstić information content (AvgIpc) is 2.84. The number of hydrogen-bond acceptors (Lipinski definition) is 7. The minimum atomic E-state index is -0.968. The molecule has 0 unspecified atom stereocenters. The SMILES string of the molecule is Cc1cn([C@H]2C[C@H](O)[C@@H](CO)O2)c(=O)[nH]c1=O.NCC(=O)O. The largest absolute Gasteiger partial charge is 0.480 e. The fourth-order valence-corrected chi connectivity index (χ4v) is 1.85. The van der Waals surface area contributed by atoms with Gasteiger partial charge in [-0.05, 0) is 6.92 Å². The molecule has 0 amide bonds. The number of aliphatic carboxylic acids is 1. The smallest absolute Gasteiger partial charge is 0.330 e. The number of H-pyrrole nitrogens is 1. The second-order valence-corrected chi connectivity index (χ2v) is 4.69. The van der Waals surface area contributed by atoms with Crippen molar-refractivity contribution in [3.8, 4) is 0 Å². The highest BCUT2D eigenvalue weighted by Gasteiger charge is 2.34. The summed E-state index contributed by atoms with van der Waals surface area (Å²) in [6, 6.07) is 0. The molecule has 22 heavy (non-hydrogen) atoms. The Morgan fingerprint density at radius 3 is 2.59 bits per heavy atom. The molecule has 1 aromatic rings. The van der Waals surface area contributed by atoms with E-state index < -0.39 is 35.7 Å². The number of nitrogens with two attached hydrogens (primary N) is 1. The van der Waals surface area contributed by atoms with Crippen LogP contribution in [0.4, 0.5) is 0 Å². The van der Waals surface area contributed by atoms with E-state index in [9.17, 15) is 19.5 Å². The summed E-state index contributed by atoms with van der Waals surface area (Å²) in [6.45, 7) is 0.985. The van der Waals surface area contributed by atoms with Gasteiger partial charge in [-0.2, -0.15) is 0 Å². The van der Waals surface area contributed by atoms with Crippen molar-refractivity contribution in [1.29, 1.82) is 0 Å². The zero-order valence-corrected chi connectivity index (χ0v) is 11.9. The van der Waals surface area contributed by atoms with Crippen molar-refractivity contribution in [3.63, 3.8) is 0 Å². The van der Waals surface area contributed by atoms with Crippen LogP contribution in [0.1, 0.15) is 18.2 Å². The molecule has 10 nitrogen and oxygen atoms in total. The molecule has 1 aliphatic rings. The van der Waals surface area contributed by atoms with Crippen LogP contribution in [0.2, 0.25) is 0 Å². The highest BCUT2D eigenvalue weighted by atomic mass is 16.5. The van der Waals surface area contributed by atoms with Crippen molar-refractivity contribution < 1.29 is 24.9 Å². The molecular formula is C12H19N3O7. The Bertz CT molecular complexity index is 624. The lowest BCUT2D eigenvalue weighted by Crippen LogP contribution is -2.33. The molecule has 0 aromatic carbocycles. The molecule has 124 valence electrons. The van der Waals surface area contributed by atoms with Gasteiger partial charge in [-0.3, -0.25) is 19.1 Å². The summed E-state index contributed by atoms with van der Waals surface area (Å²) in [5.41, 5.74) is 3.93. The standard InChI is InChI=1S/C10H14N2O5.C2H5NO2/c1-5-3-12(10(16)11-9(5)15)8-2-6(14)7(4-13)17-8;3-1-2(4)5/h3,6-8,13-14H,2,4H2,1H3,(H,11,15,16);1,3H2,(H,4,5)/t6-,7+,8+;/m0./s1.